The third-order valence-electron chi connectivity index (χ3n) is 5.28. The van der Waals surface area contributed by atoms with Crippen LogP contribution < -0.4 is 38.2 Å². The van der Waals surface area contributed by atoms with E-state index in [1.54, 1.807) is 0 Å². The first kappa shape index (κ1) is 22.9. The zero-order valence-corrected chi connectivity index (χ0v) is 19.9. The van der Waals surface area contributed by atoms with Crippen LogP contribution in [0.4, 0.5) is 5.69 Å². The van der Waals surface area contributed by atoms with Crippen molar-refractivity contribution in [1.29, 1.82) is 0 Å². The maximum absolute atomic E-state index is 11.4. The number of carbonyl (C=O) groups is 1. The van der Waals surface area contributed by atoms with Gasteiger partial charge in [-0.1, -0.05) is 66.7 Å². The SMILES string of the molecule is CC(=O)Nc1ccc(C[P+](c2ccccc2)(c2ccccc2)c2ccccc2)cc1.[Br-]. The molecular formula is C27H25BrNOP. The molecule has 4 aromatic rings. The molecule has 31 heavy (non-hydrogen) atoms. The maximum atomic E-state index is 11.4. The Morgan fingerprint density at radius 2 is 1.03 bits per heavy atom. The Kier molecular flexibility index (Phi) is 7.79. The van der Waals surface area contributed by atoms with Crippen LogP contribution in [0.1, 0.15) is 12.5 Å². The monoisotopic (exact) mass is 489 g/mol. The van der Waals surface area contributed by atoms with Crippen molar-refractivity contribution in [3.05, 3.63) is 121 Å². The van der Waals surface area contributed by atoms with Crippen molar-refractivity contribution in [2.45, 2.75) is 13.1 Å². The van der Waals surface area contributed by atoms with Gasteiger partial charge in [0.15, 0.2) is 0 Å². The van der Waals surface area contributed by atoms with Gasteiger partial charge in [0.1, 0.15) is 23.2 Å². The van der Waals surface area contributed by atoms with E-state index in [0.717, 1.165) is 11.8 Å². The van der Waals surface area contributed by atoms with Gasteiger partial charge in [-0.2, -0.15) is 0 Å². The van der Waals surface area contributed by atoms with Gasteiger partial charge in [-0.15, -0.1) is 0 Å². The van der Waals surface area contributed by atoms with Gasteiger partial charge in [-0.3, -0.25) is 4.79 Å². The second kappa shape index (κ2) is 10.5. The lowest BCUT2D eigenvalue weighted by atomic mass is 10.2. The molecule has 0 saturated carbocycles. The fraction of sp³-hybridized carbons (Fsp3) is 0.0741. The van der Waals surface area contributed by atoms with E-state index in [-0.39, 0.29) is 22.9 Å². The molecule has 0 aliphatic rings. The van der Waals surface area contributed by atoms with Gasteiger partial charge >= 0.3 is 0 Å². The van der Waals surface area contributed by atoms with E-state index in [4.69, 9.17) is 0 Å². The average Bonchev–Trinajstić information content (AvgIpc) is 2.80. The molecule has 4 rings (SSSR count). The predicted molar refractivity (Wildman–Crippen MR) is 130 cm³/mol. The van der Waals surface area contributed by atoms with Crippen LogP contribution in [0.15, 0.2) is 115 Å². The number of hydrogen-bond donors (Lipinski definition) is 1. The Balaban J connectivity index is 0.00000272. The van der Waals surface area contributed by atoms with Gasteiger partial charge in [0, 0.05) is 12.6 Å². The van der Waals surface area contributed by atoms with Crippen LogP contribution in [0.25, 0.3) is 0 Å². The first-order valence-corrected chi connectivity index (χ1v) is 12.1. The van der Waals surface area contributed by atoms with Crippen LogP contribution in [-0.4, -0.2) is 5.91 Å². The van der Waals surface area contributed by atoms with Gasteiger partial charge in [-0.25, -0.2) is 0 Å². The molecule has 0 unspecified atom stereocenters. The summed E-state index contributed by atoms with van der Waals surface area (Å²) in [6, 6.07) is 40.9. The lowest BCUT2D eigenvalue weighted by molar-refractivity contribution is -0.114. The molecule has 0 aliphatic carbocycles. The minimum absolute atomic E-state index is 0. The molecule has 0 radical (unpaired) electrons. The molecule has 4 aromatic carbocycles. The molecule has 1 N–H and O–H groups in total. The van der Waals surface area contributed by atoms with Crippen molar-refractivity contribution < 1.29 is 21.8 Å². The fourth-order valence-corrected chi connectivity index (χ4v) is 8.18. The number of hydrogen-bond acceptors (Lipinski definition) is 1. The average molecular weight is 490 g/mol. The van der Waals surface area contributed by atoms with Crippen LogP contribution in [0.5, 0.6) is 0 Å². The minimum Gasteiger partial charge on any atom is -1.00 e. The smallest absolute Gasteiger partial charge is 0.221 e. The highest BCUT2D eigenvalue weighted by Gasteiger charge is 2.45. The van der Waals surface area contributed by atoms with Crippen molar-refractivity contribution in [1.82, 2.24) is 0 Å². The predicted octanol–water partition coefficient (Wildman–Crippen LogP) is 2.14. The lowest BCUT2D eigenvalue weighted by Crippen LogP contribution is -3.00. The van der Waals surface area contributed by atoms with E-state index in [0.29, 0.717) is 0 Å². The van der Waals surface area contributed by atoms with Crippen molar-refractivity contribution in [2.75, 3.05) is 5.32 Å². The van der Waals surface area contributed by atoms with E-state index in [9.17, 15) is 4.79 Å². The molecular weight excluding hydrogens is 465 g/mol. The van der Waals surface area contributed by atoms with Gasteiger partial charge in [0.05, 0.1) is 6.16 Å². The molecule has 4 heteroatoms. The maximum Gasteiger partial charge on any atom is 0.221 e. The van der Waals surface area contributed by atoms with Crippen LogP contribution in [-0.2, 0) is 11.0 Å². The largest absolute Gasteiger partial charge is 1.00 e. The van der Waals surface area contributed by atoms with Gasteiger partial charge in [0.2, 0.25) is 5.91 Å². The van der Waals surface area contributed by atoms with E-state index < -0.39 is 7.26 Å². The zero-order valence-electron chi connectivity index (χ0n) is 17.4. The number of nitrogens with one attached hydrogen (secondary N) is 1. The van der Waals surface area contributed by atoms with E-state index in [2.05, 4.69) is 108 Å². The summed E-state index contributed by atoms with van der Waals surface area (Å²) in [7, 11) is -1.91. The summed E-state index contributed by atoms with van der Waals surface area (Å²) in [6.45, 7) is 1.53. The molecule has 0 bridgehead atoms. The van der Waals surface area contributed by atoms with Gasteiger partial charge < -0.3 is 22.3 Å². The minimum atomic E-state index is -1.91. The second-order valence-corrected chi connectivity index (χ2v) is 10.8. The topological polar surface area (TPSA) is 29.1 Å². The van der Waals surface area contributed by atoms with Crippen molar-refractivity contribution in [3.63, 3.8) is 0 Å². The normalized spacial score (nSPS) is 10.7. The van der Waals surface area contributed by atoms with E-state index >= 15 is 0 Å². The summed E-state index contributed by atoms with van der Waals surface area (Å²) in [4.78, 5) is 11.4. The number of anilines is 1. The van der Waals surface area contributed by atoms with Gasteiger partial charge in [-0.05, 0) is 54.1 Å². The Bertz CT molecular complexity index is 1000. The number of amides is 1. The number of benzene rings is 4. The highest BCUT2D eigenvalue weighted by atomic mass is 79.9. The number of halogens is 1. The number of carbonyl (C=O) groups excluding carboxylic acids is 1. The third-order valence-corrected chi connectivity index (χ3v) is 9.66. The summed E-state index contributed by atoms with van der Waals surface area (Å²) in [5.74, 6) is -0.0533. The van der Waals surface area contributed by atoms with Crippen molar-refractivity contribution in [2.24, 2.45) is 0 Å². The molecule has 1 amide bonds. The number of rotatable bonds is 6. The fourth-order valence-electron chi connectivity index (χ4n) is 3.94. The van der Waals surface area contributed by atoms with Crippen LogP contribution in [0, 0.1) is 0 Å². The van der Waals surface area contributed by atoms with Crippen LogP contribution >= 0.6 is 7.26 Å². The highest BCUT2D eigenvalue weighted by molar-refractivity contribution is 7.95. The second-order valence-electron chi connectivity index (χ2n) is 7.35. The third kappa shape index (κ3) is 5.12. The van der Waals surface area contributed by atoms with Crippen molar-refractivity contribution in [3.8, 4) is 0 Å². The summed E-state index contributed by atoms with van der Waals surface area (Å²) in [5.41, 5.74) is 2.09. The Morgan fingerprint density at radius 3 is 1.39 bits per heavy atom. The summed E-state index contributed by atoms with van der Waals surface area (Å²) in [5, 5.41) is 6.97. The molecule has 0 saturated heterocycles. The first-order chi connectivity index (χ1) is 14.7. The summed E-state index contributed by atoms with van der Waals surface area (Å²) >= 11 is 0. The Labute approximate surface area is 195 Å². The molecule has 0 aromatic heterocycles. The standard InChI is InChI=1S/C27H24NOP.BrH/c1-22(29)28-24-19-17-23(18-20-24)21-30(25-11-5-2-6-12-25,26-13-7-3-8-14-26)27-15-9-4-10-16-27;/h2-20H,21H2,1H3;1H. The Hall–Kier alpha value is -2.74. The van der Waals surface area contributed by atoms with E-state index in [1.807, 2.05) is 12.1 Å². The Morgan fingerprint density at radius 1 is 0.645 bits per heavy atom. The molecule has 0 atom stereocenters. The molecule has 0 spiro atoms. The molecule has 0 fully saturated rings. The van der Waals surface area contributed by atoms with Gasteiger partial charge in [0.25, 0.3) is 0 Å². The molecule has 156 valence electrons. The summed E-state index contributed by atoms with van der Waals surface area (Å²) < 4.78 is 0. The first-order valence-electron chi connectivity index (χ1n) is 10.1. The highest BCUT2D eigenvalue weighted by Crippen LogP contribution is 2.58. The molecule has 0 aliphatic heterocycles. The van der Waals surface area contributed by atoms with Crippen LogP contribution in [0.2, 0.25) is 0 Å². The van der Waals surface area contributed by atoms with E-state index in [1.165, 1.54) is 28.4 Å². The zero-order chi connectivity index (χ0) is 20.8. The lowest BCUT2D eigenvalue weighted by Gasteiger charge is -2.28. The van der Waals surface area contributed by atoms with Crippen molar-refractivity contribution >= 4 is 34.8 Å². The molecule has 2 nitrogen and oxygen atoms in total. The molecule has 0 heterocycles. The summed E-state index contributed by atoms with van der Waals surface area (Å²) in [6.07, 6.45) is 0.922. The quantitative estimate of drug-likeness (QED) is 0.413. The van der Waals surface area contributed by atoms with Crippen LogP contribution in [0.3, 0.4) is 0 Å².